The van der Waals surface area contributed by atoms with Crippen LogP contribution in [0, 0.1) is 0 Å². The maximum atomic E-state index is 11.6. The molecule has 5 heteroatoms. The quantitative estimate of drug-likeness (QED) is 0.571. The van der Waals surface area contributed by atoms with E-state index in [2.05, 4.69) is 12.1 Å². The van der Waals surface area contributed by atoms with E-state index in [1.165, 1.54) is 5.30 Å². The predicted octanol–water partition coefficient (Wildman–Crippen LogP) is 1.18. The fourth-order valence-electron chi connectivity index (χ4n) is 3.45. The van der Waals surface area contributed by atoms with Gasteiger partial charge < -0.3 is 9.47 Å². The molecule has 0 amide bonds. The molecule has 4 nitrogen and oxygen atoms in total. The lowest BCUT2D eigenvalue weighted by atomic mass is 10.1. The molecule has 4 rings (SSSR count). The Balaban J connectivity index is 1.75. The molecule has 3 fully saturated rings. The maximum absolute atomic E-state index is 11.6. The molecule has 0 N–H and O–H groups in total. The third-order valence-corrected chi connectivity index (χ3v) is 7.41. The van der Waals surface area contributed by atoms with E-state index in [0.29, 0.717) is 12.8 Å². The van der Waals surface area contributed by atoms with Crippen molar-refractivity contribution in [3.05, 3.63) is 30.3 Å². The van der Waals surface area contributed by atoms with Crippen LogP contribution in [-0.4, -0.2) is 35.5 Å². The summed E-state index contributed by atoms with van der Waals surface area (Å²) < 4.78 is 10.8. The van der Waals surface area contributed by atoms with E-state index in [9.17, 15) is 9.59 Å². The number of carbonyl (C=O) groups is 2. The Morgan fingerprint density at radius 2 is 1.42 bits per heavy atom. The molecule has 0 aromatic heterocycles. The van der Waals surface area contributed by atoms with Gasteiger partial charge in [0.1, 0.15) is 12.2 Å². The number of esters is 2. The Hall–Kier alpha value is -1.41. The molecule has 4 atom stereocenters. The number of rotatable bonds is 1. The van der Waals surface area contributed by atoms with Crippen LogP contribution in [0.5, 0.6) is 0 Å². The van der Waals surface area contributed by atoms with Gasteiger partial charge in [-0.1, -0.05) is 38.3 Å². The van der Waals surface area contributed by atoms with Crippen molar-refractivity contribution in [2.24, 2.45) is 0 Å². The Morgan fingerprint density at radius 1 is 0.895 bits per heavy atom. The number of hydrogen-bond donors (Lipinski definition) is 0. The van der Waals surface area contributed by atoms with Gasteiger partial charge >= 0.3 is 11.9 Å². The molecular weight excluding hydrogens is 263 g/mol. The summed E-state index contributed by atoms with van der Waals surface area (Å²) in [6.45, 7) is 0. The van der Waals surface area contributed by atoms with E-state index in [-0.39, 0.29) is 35.5 Å². The zero-order valence-electron chi connectivity index (χ0n) is 10.2. The summed E-state index contributed by atoms with van der Waals surface area (Å²) in [7, 11) is -0.566. The minimum atomic E-state index is -0.566. The normalized spacial score (nSPS) is 39.7. The number of ether oxygens (including phenoxy) is 2. The highest BCUT2D eigenvalue weighted by Gasteiger charge is 2.61. The fourth-order valence-corrected chi connectivity index (χ4v) is 7.00. The first-order chi connectivity index (χ1) is 9.24. The van der Waals surface area contributed by atoms with Crippen LogP contribution in [0.15, 0.2) is 30.3 Å². The van der Waals surface area contributed by atoms with Gasteiger partial charge in [0.15, 0.2) is 0 Å². The summed E-state index contributed by atoms with van der Waals surface area (Å²) in [6.07, 6.45) is 0.511. The number of carbonyl (C=O) groups excluding carboxylic acids is 2. The predicted molar refractivity (Wildman–Crippen MR) is 69.6 cm³/mol. The zero-order valence-corrected chi connectivity index (χ0v) is 11.1. The van der Waals surface area contributed by atoms with Gasteiger partial charge in [-0.25, -0.2) is 0 Å². The second-order valence-corrected chi connectivity index (χ2v) is 7.85. The van der Waals surface area contributed by atoms with Crippen molar-refractivity contribution >= 4 is 25.2 Å². The topological polar surface area (TPSA) is 52.6 Å². The van der Waals surface area contributed by atoms with Crippen molar-refractivity contribution in [1.29, 1.82) is 0 Å². The highest BCUT2D eigenvalue weighted by Crippen LogP contribution is 2.62. The second kappa shape index (κ2) is 4.04. The van der Waals surface area contributed by atoms with Crippen molar-refractivity contribution in [2.75, 3.05) is 0 Å². The van der Waals surface area contributed by atoms with E-state index in [1.807, 2.05) is 18.2 Å². The maximum Gasteiger partial charge on any atom is 0.307 e. The lowest BCUT2D eigenvalue weighted by Crippen LogP contribution is -2.30. The summed E-state index contributed by atoms with van der Waals surface area (Å²) in [4.78, 5) is 23.1. The lowest BCUT2D eigenvalue weighted by molar-refractivity contribution is -0.153. The van der Waals surface area contributed by atoms with Crippen LogP contribution in [0.1, 0.15) is 12.8 Å². The summed E-state index contributed by atoms with van der Waals surface area (Å²) >= 11 is 0. The second-order valence-electron chi connectivity index (χ2n) is 5.19. The minimum absolute atomic E-state index is 0.153. The van der Waals surface area contributed by atoms with Crippen LogP contribution in [0.3, 0.4) is 0 Å². The molecule has 1 aromatic rings. The van der Waals surface area contributed by atoms with Crippen molar-refractivity contribution < 1.29 is 19.1 Å². The fraction of sp³-hybridized carbons (Fsp3) is 0.429. The molecule has 98 valence electrons. The summed E-state index contributed by atoms with van der Waals surface area (Å²) in [6, 6.07) is 10.2. The first-order valence-electron chi connectivity index (χ1n) is 6.46. The van der Waals surface area contributed by atoms with E-state index >= 15 is 0 Å². The molecule has 0 saturated carbocycles. The first kappa shape index (κ1) is 11.4. The smallest absolute Gasteiger partial charge is 0.307 e. The van der Waals surface area contributed by atoms with Gasteiger partial charge in [0.25, 0.3) is 0 Å². The van der Waals surface area contributed by atoms with Gasteiger partial charge in [-0.3, -0.25) is 9.59 Å². The third-order valence-electron chi connectivity index (χ3n) is 4.14. The van der Waals surface area contributed by atoms with Gasteiger partial charge in [-0.05, 0) is 5.30 Å². The van der Waals surface area contributed by atoms with Crippen LogP contribution in [-0.2, 0) is 19.1 Å². The molecule has 3 aliphatic heterocycles. The Kier molecular flexibility index (Phi) is 2.43. The Bertz CT molecular complexity index is 514. The minimum Gasteiger partial charge on any atom is -0.458 e. The number of benzene rings is 1. The molecule has 3 heterocycles. The van der Waals surface area contributed by atoms with E-state index < -0.39 is 7.92 Å². The van der Waals surface area contributed by atoms with Gasteiger partial charge in [0.2, 0.25) is 0 Å². The Labute approximate surface area is 111 Å². The van der Waals surface area contributed by atoms with Gasteiger partial charge in [0, 0.05) is 11.3 Å². The van der Waals surface area contributed by atoms with Gasteiger partial charge in [0.05, 0.1) is 12.8 Å². The molecule has 19 heavy (non-hydrogen) atoms. The number of fused-ring (bicyclic) bond motifs is 3. The van der Waals surface area contributed by atoms with Crippen LogP contribution in [0.4, 0.5) is 0 Å². The lowest BCUT2D eigenvalue weighted by Gasteiger charge is -2.21. The van der Waals surface area contributed by atoms with Crippen LogP contribution in [0.25, 0.3) is 0 Å². The standard InChI is InChI=1S/C14H13O4P/c15-11-6-9-13(17-11)14-10(7-12(16)18-14)19(9)8-4-2-1-3-5-8/h1-5,9-10,13-14H,6-7H2/t9-,10-,13+,14+/m1/s1. The average Bonchev–Trinajstić information content (AvgIpc) is 3.00. The highest BCUT2D eigenvalue weighted by atomic mass is 31.1. The molecule has 3 saturated heterocycles. The van der Waals surface area contributed by atoms with Crippen molar-refractivity contribution in [2.45, 2.75) is 36.4 Å². The summed E-state index contributed by atoms with van der Waals surface area (Å²) in [5.41, 5.74) is 0.431. The molecule has 0 spiro atoms. The monoisotopic (exact) mass is 276 g/mol. The van der Waals surface area contributed by atoms with E-state index in [0.717, 1.165) is 0 Å². The molecule has 1 aromatic carbocycles. The van der Waals surface area contributed by atoms with Crippen LogP contribution in [0.2, 0.25) is 0 Å². The van der Waals surface area contributed by atoms with Crippen molar-refractivity contribution in [3.8, 4) is 0 Å². The van der Waals surface area contributed by atoms with Crippen LogP contribution < -0.4 is 5.30 Å². The largest absolute Gasteiger partial charge is 0.458 e. The molecule has 0 radical (unpaired) electrons. The van der Waals surface area contributed by atoms with Gasteiger partial charge in [-0.15, -0.1) is 0 Å². The average molecular weight is 276 g/mol. The van der Waals surface area contributed by atoms with Gasteiger partial charge in [-0.2, -0.15) is 0 Å². The first-order valence-corrected chi connectivity index (χ1v) is 7.94. The third kappa shape index (κ3) is 1.63. The zero-order chi connectivity index (χ0) is 13.0. The Morgan fingerprint density at radius 3 is 1.95 bits per heavy atom. The summed E-state index contributed by atoms with van der Waals surface area (Å²) in [5.74, 6) is -0.306. The SMILES string of the molecule is O=C1C[C@@H]2[C@H](O1)[C@H]1OC(=O)C[C@H]1P2c1ccccc1. The molecule has 0 bridgehead atoms. The van der Waals surface area contributed by atoms with Crippen molar-refractivity contribution in [3.63, 3.8) is 0 Å². The highest BCUT2D eigenvalue weighted by molar-refractivity contribution is 7.67. The molecule has 0 aliphatic carbocycles. The molecular formula is C14H13O4P. The van der Waals surface area contributed by atoms with Crippen molar-refractivity contribution in [1.82, 2.24) is 0 Å². The molecule has 0 unspecified atom stereocenters. The van der Waals surface area contributed by atoms with E-state index in [1.54, 1.807) is 0 Å². The summed E-state index contributed by atoms with van der Waals surface area (Å²) in [5, 5.41) is 1.25. The molecule has 3 aliphatic rings. The van der Waals surface area contributed by atoms with E-state index in [4.69, 9.17) is 9.47 Å². The number of hydrogen-bond acceptors (Lipinski definition) is 4. The van der Waals surface area contributed by atoms with Crippen LogP contribution >= 0.6 is 7.92 Å².